The molecule has 1 atom stereocenters. The Morgan fingerprint density at radius 2 is 1.90 bits per heavy atom. The topological polar surface area (TPSA) is 78.3 Å². The van der Waals surface area contributed by atoms with Crippen molar-refractivity contribution in [1.29, 1.82) is 0 Å². The Morgan fingerprint density at radius 3 is 2.66 bits per heavy atom. The zero-order valence-corrected chi connectivity index (χ0v) is 17.3. The highest BCUT2D eigenvalue weighted by atomic mass is 32.2. The van der Waals surface area contributed by atoms with Crippen LogP contribution in [0.5, 0.6) is 11.5 Å². The van der Waals surface area contributed by atoms with E-state index in [-0.39, 0.29) is 17.8 Å². The zero-order chi connectivity index (χ0) is 20.4. The summed E-state index contributed by atoms with van der Waals surface area (Å²) >= 11 is 1.33. The quantitative estimate of drug-likeness (QED) is 0.647. The van der Waals surface area contributed by atoms with E-state index in [1.807, 2.05) is 61.9 Å². The minimum Gasteiger partial charge on any atom is -0.485 e. The number of rotatable bonds is 5. The number of nitrogens with zero attached hydrogens (tertiary/aromatic N) is 3. The van der Waals surface area contributed by atoms with E-state index >= 15 is 0 Å². The molecule has 150 valence electrons. The zero-order valence-electron chi connectivity index (χ0n) is 16.5. The van der Waals surface area contributed by atoms with Gasteiger partial charge in [0.05, 0.1) is 5.75 Å². The summed E-state index contributed by atoms with van der Waals surface area (Å²) in [6.45, 7) is 4.38. The molecule has 1 aliphatic rings. The molecule has 1 aromatic heterocycles. The molecular formula is C21H22N4O3S. The second kappa shape index (κ2) is 8.16. The Balaban J connectivity index is 1.38. The molecule has 0 radical (unpaired) electrons. The number of aromatic nitrogens is 3. The van der Waals surface area contributed by atoms with E-state index in [1.54, 1.807) is 0 Å². The minimum absolute atomic E-state index is 0.0873. The summed E-state index contributed by atoms with van der Waals surface area (Å²) in [5.41, 5.74) is 3.03. The fraction of sp³-hybridized carbons (Fsp3) is 0.286. The molecule has 0 spiro atoms. The molecule has 2 heterocycles. The second-order valence-corrected chi connectivity index (χ2v) is 7.92. The van der Waals surface area contributed by atoms with E-state index in [4.69, 9.17) is 9.47 Å². The van der Waals surface area contributed by atoms with Crippen LogP contribution in [-0.4, -0.2) is 33.0 Å². The smallest absolute Gasteiger partial charge is 0.234 e. The van der Waals surface area contributed by atoms with Gasteiger partial charge in [-0.3, -0.25) is 4.79 Å². The van der Waals surface area contributed by atoms with Crippen LogP contribution in [0.4, 0.5) is 5.69 Å². The molecule has 0 aliphatic carbocycles. The number of aryl methyl sites for hydroxylation is 2. The molecule has 0 saturated heterocycles. The molecule has 0 fully saturated rings. The van der Waals surface area contributed by atoms with Crippen molar-refractivity contribution in [3.05, 3.63) is 59.4 Å². The van der Waals surface area contributed by atoms with Crippen LogP contribution in [0, 0.1) is 13.8 Å². The highest BCUT2D eigenvalue weighted by Gasteiger charge is 2.27. The molecule has 7 nitrogen and oxygen atoms in total. The number of anilines is 1. The van der Waals surface area contributed by atoms with Gasteiger partial charge in [-0.15, -0.1) is 10.2 Å². The average Bonchev–Trinajstić information content (AvgIpc) is 3.05. The lowest BCUT2D eigenvalue weighted by atomic mass is 10.1. The molecule has 0 bridgehead atoms. The first-order valence-corrected chi connectivity index (χ1v) is 10.3. The van der Waals surface area contributed by atoms with Crippen molar-refractivity contribution < 1.29 is 14.3 Å². The summed E-state index contributed by atoms with van der Waals surface area (Å²) in [7, 11) is 1.86. The average molecular weight is 410 g/mol. The van der Waals surface area contributed by atoms with Crippen molar-refractivity contribution in [2.45, 2.75) is 25.1 Å². The third-order valence-corrected chi connectivity index (χ3v) is 5.52. The van der Waals surface area contributed by atoms with Gasteiger partial charge < -0.3 is 19.4 Å². The van der Waals surface area contributed by atoms with E-state index < -0.39 is 0 Å². The first-order chi connectivity index (χ1) is 14.0. The molecule has 29 heavy (non-hydrogen) atoms. The maximum Gasteiger partial charge on any atom is 0.234 e. The first kappa shape index (κ1) is 19.3. The molecule has 1 N–H and O–H groups in total. The van der Waals surface area contributed by atoms with Crippen molar-refractivity contribution in [2.75, 3.05) is 17.7 Å². The first-order valence-electron chi connectivity index (χ1n) is 9.28. The number of hydrogen-bond acceptors (Lipinski definition) is 6. The molecule has 1 amide bonds. The van der Waals surface area contributed by atoms with Gasteiger partial charge in [0.2, 0.25) is 5.91 Å². The molecule has 2 aromatic carbocycles. The van der Waals surface area contributed by atoms with Gasteiger partial charge in [0.25, 0.3) is 0 Å². The molecule has 3 aromatic rings. The third kappa shape index (κ3) is 4.37. The molecular weight excluding hydrogens is 388 g/mol. The number of nitrogens with one attached hydrogen (secondary N) is 1. The van der Waals surface area contributed by atoms with Gasteiger partial charge in [-0.2, -0.15) is 0 Å². The van der Waals surface area contributed by atoms with Gasteiger partial charge in [-0.05, 0) is 49.2 Å². The summed E-state index contributed by atoms with van der Waals surface area (Å²) in [4.78, 5) is 12.3. The lowest BCUT2D eigenvalue weighted by molar-refractivity contribution is -0.113. The maximum absolute atomic E-state index is 12.3. The number of fused-ring (bicyclic) bond motifs is 1. The monoisotopic (exact) mass is 410 g/mol. The van der Waals surface area contributed by atoms with Crippen LogP contribution in [0.15, 0.2) is 47.6 Å². The summed E-state index contributed by atoms with van der Waals surface area (Å²) in [5.74, 6) is 2.23. The van der Waals surface area contributed by atoms with E-state index in [2.05, 4.69) is 21.6 Å². The Kier molecular flexibility index (Phi) is 5.44. The lowest BCUT2D eigenvalue weighted by Crippen LogP contribution is -2.24. The SMILES string of the molecule is Cc1cc(C)cc(NC(=O)CSc2nnc(C3COc4ccccc4O3)n2C)c1. The van der Waals surface area contributed by atoms with E-state index in [9.17, 15) is 4.79 Å². The number of carbonyl (C=O) groups is 1. The predicted molar refractivity (Wildman–Crippen MR) is 112 cm³/mol. The van der Waals surface area contributed by atoms with E-state index in [0.717, 1.165) is 22.6 Å². The predicted octanol–water partition coefficient (Wildman–Crippen LogP) is 3.68. The van der Waals surface area contributed by atoms with Gasteiger partial charge in [0, 0.05) is 12.7 Å². The van der Waals surface area contributed by atoms with Crippen molar-refractivity contribution >= 4 is 23.4 Å². The van der Waals surface area contributed by atoms with Crippen molar-refractivity contribution in [1.82, 2.24) is 14.8 Å². The van der Waals surface area contributed by atoms with Gasteiger partial charge in [-0.1, -0.05) is 30.0 Å². The summed E-state index contributed by atoms with van der Waals surface area (Å²) in [6.07, 6.45) is -0.346. The molecule has 1 aliphatic heterocycles. The van der Waals surface area contributed by atoms with Crippen LogP contribution in [0.1, 0.15) is 23.1 Å². The van der Waals surface area contributed by atoms with Gasteiger partial charge in [-0.25, -0.2) is 0 Å². The summed E-state index contributed by atoms with van der Waals surface area (Å²) in [6, 6.07) is 13.5. The van der Waals surface area contributed by atoms with Gasteiger partial charge in [0.15, 0.2) is 28.6 Å². The largest absolute Gasteiger partial charge is 0.485 e. The van der Waals surface area contributed by atoms with Crippen LogP contribution >= 0.6 is 11.8 Å². The highest BCUT2D eigenvalue weighted by Crippen LogP contribution is 2.35. The fourth-order valence-corrected chi connectivity index (χ4v) is 3.97. The van der Waals surface area contributed by atoms with Crippen LogP contribution in [0.2, 0.25) is 0 Å². The van der Waals surface area contributed by atoms with Gasteiger partial charge >= 0.3 is 0 Å². The van der Waals surface area contributed by atoms with Crippen LogP contribution in [-0.2, 0) is 11.8 Å². The number of ether oxygens (including phenoxy) is 2. The Morgan fingerprint density at radius 1 is 1.17 bits per heavy atom. The molecule has 0 saturated carbocycles. The summed E-state index contributed by atoms with van der Waals surface area (Å²) in [5, 5.41) is 12.1. The third-order valence-electron chi connectivity index (χ3n) is 4.50. The lowest BCUT2D eigenvalue weighted by Gasteiger charge is -2.25. The van der Waals surface area contributed by atoms with E-state index in [0.29, 0.717) is 23.3 Å². The number of benzene rings is 2. The van der Waals surface area contributed by atoms with Crippen LogP contribution in [0.25, 0.3) is 0 Å². The van der Waals surface area contributed by atoms with Gasteiger partial charge in [0.1, 0.15) is 6.61 Å². The molecule has 1 unspecified atom stereocenters. The Labute approximate surface area is 173 Å². The van der Waals surface area contributed by atoms with Crippen LogP contribution < -0.4 is 14.8 Å². The molecule has 8 heteroatoms. The maximum atomic E-state index is 12.3. The van der Waals surface area contributed by atoms with Crippen molar-refractivity contribution in [3.8, 4) is 11.5 Å². The fourth-order valence-electron chi connectivity index (χ4n) is 3.25. The minimum atomic E-state index is -0.346. The Hall–Kier alpha value is -3.00. The normalized spacial score (nSPS) is 15.2. The standard InChI is InChI=1S/C21H22N4O3S/c1-13-8-14(2)10-15(9-13)22-19(26)12-29-21-24-23-20(25(21)3)18-11-27-16-6-4-5-7-17(16)28-18/h4-10,18H,11-12H2,1-3H3,(H,22,26). The second-order valence-electron chi connectivity index (χ2n) is 6.98. The van der Waals surface area contributed by atoms with Crippen molar-refractivity contribution in [3.63, 3.8) is 0 Å². The number of para-hydroxylation sites is 2. The summed E-state index contributed by atoms with van der Waals surface area (Å²) < 4.78 is 13.6. The Bertz CT molecular complexity index is 1030. The van der Waals surface area contributed by atoms with Crippen molar-refractivity contribution in [2.24, 2.45) is 7.05 Å². The number of hydrogen-bond donors (Lipinski definition) is 1. The van der Waals surface area contributed by atoms with E-state index in [1.165, 1.54) is 11.8 Å². The highest BCUT2D eigenvalue weighted by molar-refractivity contribution is 7.99. The number of carbonyl (C=O) groups excluding carboxylic acids is 1. The van der Waals surface area contributed by atoms with Crippen LogP contribution in [0.3, 0.4) is 0 Å². The number of thioether (sulfide) groups is 1. The molecule has 4 rings (SSSR count). The number of amides is 1.